The van der Waals surface area contributed by atoms with Crippen LogP contribution >= 0.6 is 0 Å². The van der Waals surface area contributed by atoms with Crippen LogP contribution in [-0.2, 0) is 4.79 Å². The van der Waals surface area contributed by atoms with Gasteiger partial charge in [0.2, 0.25) is 5.91 Å². The van der Waals surface area contributed by atoms with Crippen LogP contribution in [0.15, 0.2) is 12.3 Å². The molecule has 1 amide bonds. The highest BCUT2D eigenvalue weighted by molar-refractivity contribution is 5.78. The SMILES string of the molecule is CC(C)C(=O)N1CCN(c2cnnc(N(C)C)c2)CC1. The molecule has 6 nitrogen and oxygen atoms in total. The highest BCUT2D eigenvalue weighted by atomic mass is 16.2. The third-order valence-electron chi connectivity index (χ3n) is 3.54. The van der Waals surface area contributed by atoms with Gasteiger partial charge in [0.25, 0.3) is 0 Å². The van der Waals surface area contributed by atoms with Crippen molar-refractivity contribution in [1.82, 2.24) is 15.1 Å². The minimum absolute atomic E-state index is 0.0736. The van der Waals surface area contributed by atoms with E-state index >= 15 is 0 Å². The van der Waals surface area contributed by atoms with E-state index in [1.54, 1.807) is 6.20 Å². The summed E-state index contributed by atoms with van der Waals surface area (Å²) < 4.78 is 0. The first-order valence-corrected chi connectivity index (χ1v) is 7.03. The second-order valence-corrected chi connectivity index (χ2v) is 5.63. The fraction of sp³-hybridized carbons (Fsp3) is 0.643. The fourth-order valence-corrected chi connectivity index (χ4v) is 2.29. The van der Waals surface area contributed by atoms with E-state index in [9.17, 15) is 4.79 Å². The van der Waals surface area contributed by atoms with E-state index in [4.69, 9.17) is 0 Å². The number of nitrogens with zero attached hydrogens (tertiary/aromatic N) is 5. The first-order valence-electron chi connectivity index (χ1n) is 7.03. The summed E-state index contributed by atoms with van der Waals surface area (Å²) in [7, 11) is 3.90. The monoisotopic (exact) mass is 277 g/mol. The van der Waals surface area contributed by atoms with Crippen LogP contribution in [0.25, 0.3) is 0 Å². The third kappa shape index (κ3) is 3.18. The van der Waals surface area contributed by atoms with E-state index < -0.39 is 0 Å². The lowest BCUT2D eigenvalue weighted by molar-refractivity contribution is -0.134. The molecule has 2 heterocycles. The predicted molar refractivity (Wildman–Crippen MR) is 80.0 cm³/mol. The van der Waals surface area contributed by atoms with Crippen molar-refractivity contribution in [3.63, 3.8) is 0 Å². The van der Waals surface area contributed by atoms with Gasteiger partial charge >= 0.3 is 0 Å². The molecule has 1 aromatic heterocycles. The van der Waals surface area contributed by atoms with Crippen molar-refractivity contribution in [3.8, 4) is 0 Å². The average Bonchev–Trinajstić information content (AvgIpc) is 2.46. The number of anilines is 2. The van der Waals surface area contributed by atoms with E-state index in [1.807, 2.05) is 43.8 Å². The van der Waals surface area contributed by atoms with Crippen LogP contribution in [0.1, 0.15) is 13.8 Å². The van der Waals surface area contributed by atoms with E-state index in [2.05, 4.69) is 15.1 Å². The van der Waals surface area contributed by atoms with Crippen LogP contribution in [0.4, 0.5) is 11.5 Å². The van der Waals surface area contributed by atoms with Gasteiger partial charge < -0.3 is 14.7 Å². The molecule has 20 heavy (non-hydrogen) atoms. The number of amides is 1. The van der Waals surface area contributed by atoms with E-state index in [0.29, 0.717) is 0 Å². The standard InChI is InChI=1S/C14H23N5O/c1-11(2)14(20)19-7-5-18(6-8-19)12-9-13(17(3)4)16-15-10-12/h9-11H,5-8H2,1-4H3. The van der Waals surface area contributed by atoms with Crippen molar-refractivity contribution in [1.29, 1.82) is 0 Å². The Labute approximate surface area is 120 Å². The van der Waals surface area contributed by atoms with E-state index in [0.717, 1.165) is 37.7 Å². The van der Waals surface area contributed by atoms with Gasteiger partial charge in [0.15, 0.2) is 5.82 Å². The average molecular weight is 277 g/mol. The van der Waals surface area contributed by atoms with Crippen molar-refractivity contribution in [2.24, 2.45) is 5.92 Å². The van der Waals surface area contributed by atoms with Gasteiger partial charge in [-0.2, -0.15) is 5.10 Å². The highest BCUT2D eigenvalue weighted by Crippen LogP contribution is 2.19. The zero-order chi connectivity index (χ0) is 14.7. The zero-order valence-electron chi connectivity index (χ0n) is 12.7. The van der Waals surface area contributed by atoms with Crippen LogP contribution in [0, 0.1) is 5.92 Å². The number of piperazine rings is 1. The van der Waals surface area contributed by atoms with Crippen LogP contribution in [0.3, 0.4) is 0 Å². The topological polar surface area (TPSA) is 52.6 Å². The zero-order valence-corrected chi connectivity index (χ0v) is 12.7. The van der Waals surface area contributed by atoms with Gasteiger partial charge in [0.05, 0.1) is 11.9 Å². The van der Waals surface area contributed by atoms with Crippen LogP contribution < -0.4 is 9.80 Å². The Hall–Kier alpha value is -1.85. The smallest absolute Gasteiger partial charge is 0.225 e. The van der Waals surface area contributed by atoms with Crippen LogP contribution in [0.2, 0.25) is 0 Å². The van der Waals surface area contributed by atoms with Crippen molar-refractivity contribution in [2.45, 2.75) is 13.8 Å². The molecular weight excluding hydrogens is 254 g/mol. The quantitative estimate of drug-likeness (QED) is 0.820. The molecule has 1 aliphatic rings. The van der Waals surface area contributed by atoms with Crippen LogP contribution in [-0.4, -0.2) is 61.3 Å². The van der Waals surface area contributed by atoms with Gasteiger partial charge in [-0.3, -0.25) is 4.79 Å². The minimum Gasteiger partial charge on any atom is -0.367 e. The Morgan fingerprint density at radius 3 is 2.45 bits per heavy atom. The van der Waals surface area contributed by atoms with E-state index in [1.165, 1.54) is 0 Å². The maximum absolute atomic E-state index is 12.0. The summed E-state index contributed by atoms with van der Waals surface area (Å²) >= 11 is 0. The molecule has 1 aromatic rings. The van der Waals surface area contributed by atoms with Gasteiger partial charge in [-0.25, -0.2) is 0 Å². The maximum Gasteiger partial charge on any atom is 0.225 e. The number of aromatic nitrogens is 2. The molecule has 0 aromatic carbocycles. The molecule has 0 radical (unpaired) electrons. The summed E-state index contributed by atoms with van der Waals surface area (Å²) in [6.07, 6.45) is 1.78. The van der Waals surface area contributed by atoms with Gasteiger partial charge in [0.1, 0.15) is 0 Å². The summed E-state index contributed by atoms with van der Waals surface area (Å²) in [6, 6.07) is 2.03. The molecule has 1 saturated heterocycles. The first kappa shape index (κ1) is 14.6. The minimum atomic E-state index is 0.0736. The molecule has 6 heteroatoms. The molecule has 0 bridgehead atoms. The van der Waals surface area contributed by atoms with Gasteiger partial charge in [-0.05, 0) is 0 Å². The molecule has 1 fully saturated rings. The van der Waals surface area contributed by atoms with Crippen molar-refractivity contribution < 1.29 is 4.79 Å². The molecule has 0 aliphatic carbocycles. The fourth-order valence-electron chi connectivity index (χ4n) is 2.29. The highest BCUT2D eigenvalue weighted by Gasteiger charge is 2.23. The van der Waals surface area contributed by atoms with Crippen molar-refractivity contribution in [3.05, 3.63) is 12.3 Å². The molecule has 0 atom stereocenters. The van der Waals surface area contributed by atoms with Crippen molar-refractivity contribution >= 4 is 17.4 Å². The van der Waals surface area contributed by atoms with E-state index in [-0.39, 0.29) is 11.8 Å². The summed E-state index contributed by atoms with van der Waals surface area (Å²) in [5.41, 5.74) is 1.07. The normalized spacial score (nSPS) is 15.7. The van der Waals surface area contributed by atoms with Gasteiger partial charge in [0, 0.05) is 52.3 Å². The number of rotatable bonds is 3. The van der Waals surface area contributed by atoms with Crippen molar-refractivity contribution in [2.75, 3.05) is 50.1 Å². The summed E-state index contributed by atoms with van der Waals surface area (Å²) in [4.78, 5) is 18.1. The molecule has 110 valence electrons. The van der Waals surface area contributed by atoms with Gasteiger partial charge in [-0.1, -0.05) is 13.8 Å². The summed E-state index contributed by atoms with van der Waals surface area (Å²) in [5, 5.41) is 8.13. The summed E-state index contributed by atoms with van der Waals surface area (Å²) in [5.74, 6) is 1.17. The second kappa shape index (κ2) is 6.07. The third-order valence-corrected chi connectivity index (χ3v) is 3.54. The predicted octanol–water partition coefficient (Wildman–Crippen LogP) is 0.847. The largest absolute Gasteiger partial charge is 0.367 e. The lowest BCUT2D eigenvalue weighted by Crippen LogP contribution is -2.50. The second-order valence-electron chi connectivity index (χ2n) is 5.63. The Morgan fingerprint density at radius 2 is 1.90 bits per heavy atom. The number of carbonyl (C=O) groups is 1. The maximum atomic E-state index is 12.0. The summed E-state index contributed by atoms with van der Waals surface area (Å²) in [6.45, 7) is 7.14. The molecule has 1 aliphatic heterocycles. The lowest BCUT2D eigenvalue weighted by atomic mass is 10.1. The molecule has 0 N–H and O–H groups in total. The Bertz CT molecular complexity index is 466. The molecule has 0 unspecified atom stereocenters. The number of carbonyl (C=O) groups excluding carboxylic acids is 1. The molecule has 0 saturated carbocycles. The number of hydrogen-bond donors (Lipinski definition) is 0. The number of hydrogen-bond acceptors (Lipinski definition) is 5. The molecule has 0 spiro atoms. The molecular formula is C14H23N5O. The lowest BCUT2D eigenvalue weighted by Gasteiger charge is -2.36. The Morgan fingerprint density at radius 1 is 1.25 bits per heavy atom. The molecule has 2 rings (SSSR count). The van der Waals surface area contributed by atoms with Gasteiger partial charge in [-0.15, -0.1) is 5.10 Å². The first-order chi connectivity index (χ1) is 9.49. The Kier molecular flexibility index (Phi) is 4.42. The Balaban J connectivity index is 2.00. The van der Waals surface area contributed by atoms with Crippen LogP contribution in [0.5, 0.6) is 0 Å².